The largest absolute Gasteiger partial charge is 0.494 e. The van der Waals surface area contributed by atoms with Gasteiger partial charge in [0.05, 0.1) is 19.1 Å². The van der Waals surface area contributed by atoms with E-state index in [9.17, 15) is 14.7 Å². The Hall–Kier alpha value is -2.08. The van der Waals surface area contributed by atoms with Crippen LogP contribution in [0, 0.1) is 5.92 Å². The van der Waals surface area contributed by atoms with Crippen molar-refractivity contribution in [1.82, 2.24) is 4.90 Å². The Labute approximate surface area is 123 Å². The molecule has 1 fully saturated rings. The molecule has 0 saturated carbocycles. The number of rotatable bonds is 5. The molecule has 21 heavy (non-hydrogen) atoms. The van der Waals surface area contributed by atoms with Crippen LogP contribution >= 0.6 is 0 Å². The summed E-state index contributed by atoms with van der Waals surface area (Å²) in [5.74, 6) is 0.0825. The van der Waals surface area contributed by atoms with E-state index in [0.717, 1.165) is 0 Å². The molecule has 1 aliphatic heterocycles. The van der Waals surface area contributed by atoms with Crippen molar-refractivity contribution in [2.45, 2.75) is 20.0 Å². The highest BCUT2D eigenvalue weighted by molar-refractivity contribution is 5.97. The van der Waals surface area contributed by atoms with Gasteiger partial charge in [-0.25, -0.2) is 0 Å². The maximum atomic E-state index is 12.1. The van der Waals surface area contributed by atoms with Crippen molar-refractivity contribution in [3.8, 4) is 5.75 Å². The first-order chi connectivity index (χ1) is 10.0. The van der Waals surface area contributed by atoms with Crippen LogP contribution in [0.5, 0.6) is 5.75 Å². The number of anilines is 1. The number of benzene rings is 1. The van der Waals surface area contributed by atoms with Gasteiger partial charge >= 0.3 is 0 Å². The van der Waals surface area contributed by atoms with E-state index in [0.29, 0.717) is 30.2 Å². The number of nitrogens with one attached hydrogen (secondary N) is 1. The van der Waals surface area contributed by atoms with Crippen LogP contribution < -0.4 is 10.1 Å². The van der Waals surface area contributed by atoms with Crippen molar-refractivity contribution in [2.75, 3.05) is 25.5 Å². The number of amides is 2. The van der Waals surface area contributed by atoms with Gasteiger partial charge in [0.15, 0.2) is 0 Å². The predicted molar refractivity (Wildman–Crippen MR) is 77.9 cm³/mol. The van der Waals surface area contributed by atoms with Crippen molar-refractivity contribution in [1.29, 1.82) is 0 Å². The molecule has 1 atom stereocenters. The molecule has 0 spiro atoms. The summed E-state index contributed by atoms with van der Waals surface area (Å²) in [5, 5.41) is 12.1. The number of aliphatic hydroxyl groups excluding tert-OH is 1. The maximum Gasteiger partial charge on any atom is 0.229 e. The van der Waals surface area contributed by atoms with E-state index in [1.165, 1.54) is 0 Å². The molecule has 1 aromatic rings. The molecule has 1 aromatic carbocycles. The molecule has 1 unspecified atom stereocenters. The fourth-order valence-electron chi connectivity index (χ4n) is 2.36. The number of carbonyl (C=O) groups excluding carboxylic acids is 2. The van der Waals surface area contributed by atoms with Gasteiger partial charge in [-0.2, -0.15) is 0 Å². The van der Waals surface area contributed by atoms with E-state index in [-0.39, 0.29) is 30.8 Å². The molecule has 0 aromatic heterocycles. The predicted octanol–water partition coefficient (Wildman–Crippen LogP) is 0.994. The lowest BCUT2D eigenvalue weighted by molar-refractivity contribution is -0.127. The van der Waals surface area contributed by atoms with Crippen LogP contribution in [-0.2, 0) is 16.2 Å². The van der Waals surface area contributed by atoms with E-state index < -0.39 is 0 Å². The second-order valence-electron chi connectivity index (χ2n) is 5.08. The minimum Gasteiger partial charge on any atom is -0.494 e. The Morgan fingerprint density at radius 1 is 1.52 bits per heavy atom. The number of aliphatic hydroxyl groups is 1. The number of hydrogen-bond donors (Lipinski definition) is 2. The highest BCUT2D eigenvalue weighted by atomic mass is 16.5. The molecule has 0 radical (unpaired) electrons. The van der Waals surface area contributed by atoms with E-state index in [1.54, 1.807) is 30.1 Å². The summed E-state index contributed by atoms with van der Waals surface area (Å²) in [6.45, 7) is 2.65. The van der Waals surface area contributed by atoms with Gasteiger partial charge in [0.1, 0.15) is 5.75 Å². The minimum absolute atomic E-state index is 0.0158. The summed E-state index contributed by atoms with van der Waals surface area (Å²) in [7, 11) is 1.69. The van der Waals surface area contributed by atoms with Crippen LogP contribution in [-0.4, -0.2) is 42.0 Å². The monoisotopic (exact) mass is 292 g/mol. The lowest BCUT2D eigenvalue weighted by Crippen LogP contribution is -2.25. The fraction of sp³-hybridized carbons (Fsp3) is 0.467. The van der Waals surface area contributed by atoms with Gasteiger partial charge in [0.2, 0.25) is 11.8 Å². The Balaban J connectivity index is 2.06. The quantitative estimate of drug-likeness (QED) is 0.848. The average Bonchev–Trinajstić information content (AvgIpc) is 2.80. The van der Waals surface area contributed by atoms with Crippen molar-refractivity contribution < 1.29 is 19.4 Å². The van der Waals surface area contributed by atoms with Crippen LogP contribution in [0.3, 0.4) is 0 Å². The summed E-state index contributed by atoms with van der Waals surface area (Å²) in [4.78, 5) is 25.1. The van der Waals surface area contributed by atoms with Crippen molar-refractivity contribution in [3.05, 3.63) is 23.8 Å². The standard InChI is InChI=1S/C15H20N2O4/c1-3-21-13-5-4-12(6-11(13)9-18)16-15(20)10-7-14(19)17(2)8-10/h4-6,10,18H,3,7-9H2,1-2H3,(H,16,20). The SMILES string of the molecule is CCOc1ccc(NC(=O)C2CC(=O)N(C)C2)cc1CO. The third kappa shape index (κ3) is 3.52. The van der Waals surface area contributed by atoms with Crippen LogP contribution in [0.2, 0.25) is 0 Å². The fourth-order valence-corrected chi connectivity index (χ4v) is 2.36. The van der Waals surface area contributed by atoms with Crippen molar-refractivity contribution in [2.24, 2.45) is 5.92 Å². The van der Waals surface area contributed by atoms with Gasteiger partial charge in [0, 0.05) is 31.3 Å². The zero-order chi connectivity index (χ0) is 15.4. The van der Waals surface area contributed by atoms with Gasteiger partial charge in [-0.3, -0.25) is 9.59 Å². The molecule has 6 nitrogen and oxygen atoms in total. The number of likely N-dealkylation sites (tertiary alicyclic amines) is 1. The first-order valence-electron chi connectivity index (χ1n) is 6.96. The maximum absolute atomic E-state index is 12.1. The minimum atomic E-state index is -0.327. The van der Waals surface area contributed by atoms with Crippen molar-refractivity contribution >= 4 is 17.5 Å². The molecule has 6 heteroatoms. The highest BCUT2D eigenvalue weighted by Gasteiger charge is 2.32. The lowest BCUT2D eigenvalue weighted by atomic mass is 10.1. The van der Waals surface area contributed by atoms with Gasteiger partial charge in [0.25, 0.3) is 0 Å². The molecule has 1 heterocycles. The molecule has 114 valence electrons. The third-order valence-electron chi connectivity index (χ3n) is 3.51. The zero-order valence-electron chi connectivity index (χ0n) is 12.3. The average molecular weight is 292 g/mol. The molecular weight excluding hydrogens is 272 g/mol. The Bertz CT molecular complexity index is 544. The summed E-state index contributed by atoms with van der Waals surface area (Å²) < 4.78 is 5.39. The second-order valence-corrected chi connectivity index (χ2v) is 5.08. The van der Waals surface area contributed by atoms with Crippen molar-refractivity contribution in [3.63, 3.8) is 0 Å². The third-order valence-corrected chi connectivity index (χ3v) is 3.51. The molecule has 1 saturated heterocycles. The Morgan fingerprint density at radius 3 is 2.86 bits per heavy atom. The Morgan fingerprint density at radius 2 is 2.29 bits per heavy atom. The molecule has 2 rings (SSSR count). The molecule has 2 amide bonds. The van der Waals surface area contributed by atoms with Crippen LogP contribution in [0.15, 0.2) is 18.2 Å². The summed E-state index contributed by atoms with van der Waals surface area (Å²) in [6.07, 6.45) is 0.242. The molecule has 1 aliphatic rings. The van der Waals surface area contributed by atoms with Crippen LogP contribution in [0.25, 0.3) is 0 Å². The van der Waals surface area contributed by atoms with Gasteiger partial charge in [-0.15, -0.1) is 0 Å². The van der Waals surface area contributed by atoms with Gasteiger partial charge < -0.3 is 20.1 Å². The first-order valence-corrected chi connectivity index (χ1v) is 6.96. The van der Waals surface area contributed by atoms with Gasteiger partial charge in [-0.05, 0) is 25.1 Å². The van der Waals surface area contributed by atoms with Gasteiger partial charge in [-0.1, -0.05) is 0 Å². The summed E-state index contributed by atoms with van der Waals surface area (Å²) in [6, 6.07) is 5.13. The summed E-state index contributed by atoms with van der Waals surface area (Å²) >= 11 is 0. The topological polar surface area (TPSA) is 78.9 Å². The molecule has 0 bridgehead atoms. The van der Waals surface area contributed by atoms with E-state index in [1.807, 2.05) is 6.92 Å². The lowest BCUT2D eigenvalue weighted by Gasteiger charge is -2.13. The number of nitrogens with zero attached hydrogens (tertiary/aromatic N) is 1. The summed E-state index contributed by atoms with van der Waals surface area (Å²) in [5.41, 5.74) is 1.21. The Kier molecular flexibility index (Phi) is 4.80. The van der Waals surface area contributed by atoms with E-state index >= 15 is 0 Å². The van der Waals surface area contributed by atoms with Crippen LogP contribution in [0.1, 0.15) is 18.9 Å². The molecule has 2 N–H and O–H groups in total. The van der Waals surface area contributed by atoms with E-state index in [4.69, 9.17) is 4.74 Å². The number of hydrogen-bond acceptors (Lipinski definition) is 4. The number of carbonyl (C=O) groups is 2. The zero-order valence-corrected chi connectivity index (χ0v) is 12.3. The molecule has 0 aliphatic carbocycles. The van der Waals surface area contributed by atoms with Crippen LogP contribution in [0.4, 0.5) is 5.69 Å². The first kappa shape index (κ1) is 15.3. The smallest absolute Gasteiger partial charge is 0.229 e. The highest BCUT2D eigenvalue weighted by Crippen LogP contribution is 2.24. The molecular formula is C15H20N2O4. The number of ether oxygens (including phenoxy) is 1. The normalized spacial score (nSPS) is 18.0. The second kappa shape index (κ2) is 6.58. The van der Waals surface area contributed by atoms with E-state index in [2.05, 4.69) is 5.32 Å².